The highest BCUT2D eigenvalue weighted by atomic mass is 32.1. The molecule has 0 radical (unpaired) electrons. The van der Waals surface area contributed by atoms with Crippen molar-refractivity contribution in [3.05, 3.63) is 76.5 Å². The number of aliphatic imine (C=N–C) groups is 1. The average Bonchev–Trinajstić information content (AvgIpc) is 3.28. The number of rotatable bonds is 4. The highest BCUT2D eigenvalue weighted by Crippen LogP contribution is 2.43. The van der Waals surface area contributed by atoms with Crippen LogP contribution in [-0.2, 0) is 10.3 Å². The first kappa shape index (κ1) is 20.0. The molecule has 3 aromatic rings. The maximum atomic E-state index is 13.2. The van der Waals surface area contributed by atoms with Gasteiger partial charge in [0.25, 0.3) is 5.91 Å². The van der Waals surface area contributed by atoms with Crippen molar-refractivity contribution >= 4 is 23.2 Å². The van der Waals surface area contributed by atoms with Gasteiger partial charge in [-0.2, -0.15) is 0 Å². The van der Waals surface area contributed by atoms with E-state index in [1.54, 1.807) is 48.8 Å². The van der Waals surface area contributed by atoms with Crippen LogP contribution in [0.3, 0.4) is 0 Å². The van der Waals surface area contributed by atoms with E-state index in [0.717, 1.165) is 0 Å². The Kier molecular flexibility index (Phi) is 4.77. The summed E-state index contributed by atoms with van der Waals surface area (Å²) < 4.78 is 41.7. The summed E-state index contributed by atoms with van der Waals surface area (Å²) in [5.41, 5.74) is 6.45. The lowest BCUT2D eigenvalue weighted by Crippen LogP contribution is -2.40. The van der Waals surface area contributed by atoms with Gasteiger partial charge in [0, 0.05) is 11.9 Å². The van der Waals surface area contributed by atoms with E-state index in [9.17, 15) is 18.0 Å². The smallest absolute Gasteiger partial charge is 0.406 e. The van der Waals surface area contributed by atoms with Gasteiger partial charge in [-0.15, -0.1) is 24.5 Å². The van der Waals surface area contributed by atoms with Gasteiger partial charge >= 0.3 is 6.36 Å². The van der Waals surface area contributed by atoms with Gasteiger partial charge in [-0.05, 0) is 40.3 Å². The lowest BCUT2D eigenvalue weighted by Gasteiger charge is -2.24. The Morgan fingerprint density at radius 1 is 1.07 bits per heavy atom. The number of alkyl halides is 3. The van der Waals surface area contributed by atoms with Gasteiger partial charge in [0.15, 0.2) is 5.96 Å². The minimum absolute atomic E-state index is 0.0966. The van der Waals surface area contributed by atoms with E-state index in [2.05, 4.69) is 9.73 Å². The van der Waals surface area contributed by atoms with Crippen molar-refractivity contribution in [2.45, 2.75) is 11.9 Å². The zero-order chi connectivity index (χ0) is 21.5. The molecule has 1 unspecified atom stereocenters. The van der Waals surface area contributed by atoms with Gasteiger partial charge in [0.05, 0.1) is 0 Å². The maximum absolute atomic E-state index is 13.2. The van der Waals surface area contributed by atoms with E-state index in [0.29, 0.717) is 21.6 Å². The van der Waals surface area contributed by atoms with Crippen molar-refractivity contribution in [3.8, 4) is 16.9 Å². The Morgan fingerprint density at radius 3 is 2.43 bits per heavy atom. The molecule has 1 aliphatic heterocycles. The Labute approximate surface area is 174 Å². The van der Waals surface area contributed by atoms with Gasteiger partial charge in [-0.1, -0.05) is 42.5 Å². The number of nitrogens with zero attached hydrogens (tertiary/aromatic N) is 2. The molecule has 0 saturated carbocycles. The molecule has 2 N–H and O–H groups in total. The molecule has 1 aliphatic rings. The molecular weight excluding hydrogens is 415 g/mol. The minimum atomic E-state index is -4.77. The summed E-state index contributed by atoms with van der Waals surface area (Å²) in [6.45, 7) is 0. The molecule has 0 saturated heterocycles. The topological polar surface area (TPSA) is 67.9 Å². The molecule has 4 rings (SSSR count). The summed E-state index contributed by atoms with van der Waals surface area (Å²) in [7, 11) is 1.55. The number of guanidine groups is 1. The number of amides is 1. The number of carbonyl (C=O) groups excluding carboxylic acids is 1. The molecule has 30 heavy (non-hydrogen) atoms. The largest absolute Gasteiger partial charge is 0.573 e. The first-order valence-corrected chi connectivity index (χ1v) is 9.73. The third-order valence-corrected chi connectivity index (χ3v) is 5.83. The van der Waals surface area contributed by atoms with Crippen molar-refractivity contribution in [2.75, 3.05) is 7.05 Å². The lowest BCUT2D eigenvalue weighted by atomic mass is 9.87. The Morgan fingerprint density at radius 2 is 1.80 bits per heavy atom. The van der Waals surface area contributed by atoms with Crippen LogP contribution in [0.4, 0.5) is 13.2 Å². The molecule has 0 fully saturated rings. The quantitative estimate of drug-likeness (QED) is 0.668. The van der Waals surface area contributed by atoms with Crippen LogP contribution in [-0.4, -0.2) is 30.2 Å². The molecule has 0 spiro atoms. The predicted octanol–water partition coefficient (Wildman–Crippen LogP) is 4.34. The van der Waals surface area contributed by atoms with Crippen molar-refractivity contribution in [1.29, 1.82) is 0 Å². The molecule has 2 aromatic carbocycles. The number of hydrogen-bond donors (Lipinski definition) is 1. The number of nitrogens with two attached hydrogens (primary N) is 1. The number of benzene rings is 2. The number of likely N-dealkylation sites (N-methyl/N-ethyl adjacent to an activating group) is 1. The minimum Gasteiger partial charge on any atom is -0.406 e. The standard InChI is InChI=1S/C21H16F3N3O2S/c1-27-18(28)20(26-19(27)25,15-7-3-2-4-8-15)17-11-14(12-30-17)13-6-5-9-16(10-13)29-21(22,23)24/h2-12H,1H3,(H2,25,26). The molecule has 1 aromatic heterocycles. The number of thiophene rings is 1. The van der Waals surface area contributed by atoms with Gasteiger partial charge < -0.3 is 10.5 Å². The average molecular weight is 431 g/mol. The van der Waals surface area contributed by atoms with Crippen molar-refractivity contribution in [3.63, 3.8) is 0 Å². The molecule has 5 nitrogen and oxygen atoms in total. The summed E-state index contributed by atoms with van der Waals surface area (Å²) in [6.07, 6.45) is -4.77. The second-order valence-corrected chi connectivity index (χ2v) is 7.60. The first-order chi connectivity index (χ1) is 14.2. The van der Waals surface area contributed by atoms with Gasteiger partial charge in [-0.3, -0.25) is 9.69 Å². The van der Waals surface area contributed by atoms with Gasteiger partial charge in [-0.25, -0.2) is 4.99 Å². The van der Waals surface area contributed by atoms with Crippen molar-refractivity contribution in [2.24, 2.45) is 10.7 Å². The predicted molar refractivity (Wildman–Crippen MR) is 108 cm³/mol. The SMILES string of the molecule is CN1C(=O)C(c2ccccc2)(c2cc(-c3cccc(OC(F)(F)F)c3)cs2)N=C1N. The molecule has 0 bridgehead atoms. The number of carbonyl (C=O) groups is 1. The van der Waals surface area contributed by atoms with E-state index in [1.165, 1.54) is 34.4 Å². The van der Waals surface area contributed by atoms with E-state index in [1.807, 2.05) is 6.07 Å². The van der Waals surface area contributed by atoms with Crippen LogP contribution in [0.15, 0.2) is 71.0 Å². The van der Waals surface area contributed by atoms with Crippen LogP contribution in [0.5, 0.6) is 5.75 Å². The van der Waals surface area contributed by atoms with E-state index in [4.69, 9.17) is 5.73 Å². The maximum Gasteiger partial charge on any atom is 0.573 e. The van der Waals surface area contributed by atoms with E-state index in [-0.39, 0.29) is 17.6 Å². The molecule has 9 heteroatoms. The molecule has 2 heterocycles. The molecule has 154 valence electrons. The van der Waals surface area contributed by atoms with Crippen LogP contribution in [0.1, 0.15) is 10.4 Å². The van der Waals surface area contributed by atoms with Crippen LogP contribution in [0.2, 0.25) is 0 Å². The summed E-state index contributed by atoms with van der Waals surface area (Å²) >= 11 is 1.29. The van der Waals surface area contributed by atoms with Gasteiger partial charge in [0.2, 0.25) is 5.54 Å². The second-order valence-electron chi connectivity index (χ2n) is 6.69. The number of ether oxygens (including phenoxy) is 1. The fraction of sp³-hybridized carbons (Fsp3) is 0.143. The molecule has 0 aliphatic carbocycles. The monoisotopic (exact) mass is 431 g/mol. The highest BCUT2D eigenvalue weighted by Gasteiger charge is 2.50. The molecule has 1 atom stereocenters. The third kappa shape index (κ3) is 3.41. The molecular formula is C21H16F3N3O2S. The Hall–Kier alpha value is -3.33. The van der Waals surface area contributed by atoms with E-state index < -0.39 is 11.9 Å². The third-order valence-electron chi connectivity index (χ3n) is 4.79. The van der Waals surface area contributed by atoms with E-state index >= 15 is 0 Å². The van der Waals surface area contributed by atoms with Crippen LogP contribution >= 0.6 is 11.3 Å². The summed E-state index contributed by atoms with van der Waals surface area (Å²) in [5.74, 6) is -0.516. The lowest BCUT2D eigenvalue weighted by molar-refractivity contribution is -0.274. The zero-order valence-electron chi connectivity index (χ0n) is 15.7. The van der Waals surface area contributed by atoms with Crippen molar-refractivity contribution < 1.29 is 22.7 Å². The van der Waals surface area contributed by atoms with Gasteiger partial charge in [0.1, 0.15) is 5.75 Å². The van der Waals surface area contributed by atoms with Crippen LogP contribution < -0.4 is 10.5 Å². The van der Waals surface area contributed by atoms with Crippen molar-refractivity contribution in [1.82, 2.24) is 4.90 Å². The summed E-state index contributed by atoms with van der Waals surface area (Å²) in [6, 6.07) is 16.5. The highest BCUT2D eigenvalue weighted by molar-refractivity contribution is 7.10. The summed E-state index contributed by atoms with van der Waals surface area (Å²) in [4.78, 5) is 19.6. The van der Waals surface area contributed by atoms with Crippen LogP contribution in [0, 0.1) is 0 Å². The fourth-order valence-corrected chi connectivity index (χ4v) is 4.44. The number of halogens is 3. The normalized spacial score (nSPS) is 19.1. The Balaban J connectivity index is 1.79. The Bertz CT molecular complexity index is 1130. The molecule has 1 amide bonds. The second kappa shape index (κ2) is 7.17. The number of hydrogen-bond acceptors (Lipinski definition) is 5. The first-order valence-electron chi connectivity index (χ1n) is 8.85. The van der Waals surface area contributed by atoms with Crippen LogP contribution in [0.25, 0.3) is 11.1 Å². The zero-order valence-corrected chi connectivity index (χ0v) is 16.5. The summed E-state index contributed by atoms with van der Waals surface area (Å²) in [5, 5.41) is 1.77. The fourth-order valence-electron chi connectivity index (χ4n) is 3.36.